The highest BCUT2D eigenvalue weighted by molar-refractivity contribution is 6.03. The van der Waals surface area contributed by atoms with Gasteiger partial charge >= 0.3 is 0 Å². The number of rotatable bonds is 6. The molecule has 0 aromatic heterocycles. The van der Waals surface area contributed by atoms with E-state index in [0.717, 1.165) is 16.8 Å². The number of amides is 2. The summed E-state index contributed by atoms with van der Waals surface area (Å²) in [7, 11) is 4.58. The Balaban J connectivity index is 1.68. The van der Waals surface area contributed by atoms with E-state index in [1.54, 1.807) is 17.0 Å². The van der Waals surface area contributed by atoms with Crippen LogP contribution in [0, 0.1) is 0 Å². The van der Waals surface area contributed by atoms with Crippen molar-refractivity contribution in [1.29, 1.82) is 0 Å². The molecule has 0 fully saturated rings. The van der Waals surface area contributed by atoms with Gasteiger partial charge in [0.15, 0.2) is 11.5 Å². The summed E-state index contributed by atoms with van der Waals surface area (Å²) in [6.07, 6.45) is 2.51. The predicted octanol–water partition coefficient (Wildman–Crippen LogP) is 5.22. The molecule has 5 rings (SSSR count). The summed E-state index contributed by atoms with van der Waals surface area (Å²) in [5.41, 5.74) is 2.82. The summed E-state index contributed by atoms with van der Waals surface area (Å²) in [6.45, 7) is 6.06. The summed E-state index contributed by atoms with van der Waals surface area (Å²) in [6, 6.07) is 18.2. The Labute approximate surface area is 235 Å². The number of carbonyl (C=O) groups excluding carboxylic acids is 2. The van der Waals surface area contributed by atoms with Gasteiger partial charge in [0, 0.05) is 23.9 Å². The number of nitrogens with one attached hydrogen (secondary N) is 1. The van der Waals surface area contributed by atoms with E-state index in [9.17, 15) is 9.59 Å². The van der Waals surface area contributed by atoms with Crippen molar-refractivity contribution >= 4 is 23.7 Å². The average Bonchev–Trinajstić information content (AvgIpc) is 3.27. The van der Waals surface area contributed by atoms with Crippen molar-refractivity contribution in [1.82, 2.24) is 10.2 Å². The molecule has 0 saturated carbocycles. The number of carbonyl (C=O) groups is 2. The quantitative estimate of drug-likeness (QED) is 0.463. The van der Waals surface area contributed by atoms with Crippen LogP contribution in [-0.2, 0) is 10.2 Å². The Hall–Kier alpha value is -4.33. The molecule has 2 amide bonds. The van der Waals surface area contributed by atoms with Crippen molar-refractivity contribution in [3.63, 3.8) is 0 Å². The van der Waals surface area contributed by atoms with Gasteiger partial charge in [-0.05, 0) is 68.1 Å². The Morgan fingerprint density at radius 1 is 0.950 bits per heavy atom. The molecule has 8 heteroatoms. The first-order chi connectivity index (χ1) is 19.1. The molecule has 2 unspecified atom stereocenters. The average molecular weight is 542 g/mol. The number of fused-ring (bicyclic) bond motifs is 4. The number of methoxy groups -OCH3 is 3. The van der Waals surface area contributed by atoms with E-state index in [1.807, 2.05) is 69.5 Å². The summed E-state index contributed by atoms with van der Waals surface area (Å²) in [5.74, 6) is 0.689. The van der Waals surface area contributed by atoms with Gasteiger partial charge in [0.1, 0.15) is 6.04 Å². The summed E-state index contributed by atoms with van der Waals surface area (Å²) < 4.78 is 16.7. The highest BCUT2D eigenvalue weighted by Gasteiger charge is 2.46. The van der Waals surface area contributed by atoms with E-state index in [2.05, 4.69) is 11.4 Å². The number of hydrogen-bond donors (Lipinski definition) is 1. The van der Waals surface area contributed by atoms with Crippen molar-refractivity contribution in [3.8, 4) is 17.2 Å². The molecule has 3 aromatic carbocycles. The second-order valence-corrected chi connectivity index (χ2v) is 11.1. The molecule has 2 aliphatic heterocycles. The zero-order chi connectivity index (χ0) is 28.7. The lowest BCUT2D eigenvalue weighted by Gasteiger charge is -2.34. The van der Waals surface area contributed by atoms with Gasteiger partial charge < -0.3 is 24.4 Å². The largest absolute Gasteiger partial charge is 0.493 e. The molecule has 1 N–H and O–H groups in total. The predicted molar refractivity (Wildman–Crippen MR) is 154 cm³/mol. The maximum absolute atomic E-state index is 14.4. The lowest BCUT2D eigenvalue weighted by atomic mass is 9.72. The highest BCUT2D eigenvalue weighted by atomic mass is 16.5. The van der Waals surface area contributed by atoms with E-state index in [0.29, 0.717) is 41.3 Å². The molecule has 0 radical (unpaired) electrons. The molecule has 0 aliphatic carbocycles. The number of ether oxygens (including phenoxy) is 3. The SMILES string of the molecule is COc1cc(C(C(=O)NC(C)(C)C)N2CCC3(C=Nc4ccccc43)c3ccccc3C2=O)cc(OC)c1OC. The first kappa shape index (κ1) is 27.2. The van der Waals surface area contributed by atoms with Crippen LogP contribution in [0.1, 0.15) is 60.3 Å². The minimum absolute atomic E-state index is 0.229. The van der Waals surface area contributed by atoms with Crippen LogP contribution in [0.5, 0.6) is 17.2 Å². The van der Waals surface area contributed by atoms with Gasteiger partial charge in [0.25, 0.3) is 5.91 Å². The monoisotopic (exact) mass is 541 g/mol. The van der Waals surface area contributed by atoms with E-state index < -0.39 is 17.0 Å². The second-order valence-electron chi connectivity index (χ2n) is 11.1. The summed E-state index contributed by atoms with van der Waals surface area (Å²) in [4.78, 5) is 34.9. The first-order valence-electron chi connectivity index (χ1n) is 13.3. The standard InChI is InChI=1S/C32H35N3O5/c1-31(2,3)34-29(36)27(20-17-25(38-4)28(40-6)26(18-20)39-5)35-16-15-32(19-33-24-14-10-9-13-23(24)32)22-12-8-7-11-21(22)30(35)37/h7-14,17-19,27H,15-16H2,1-6H3,(H,34,36). The smallest absolute Gasteiger partial charge is 0.255 e. The first-order valence-corrected chi connectivity index (χ1v) is 13.3. The Kier molecular flexibility index (Phi) is 7.04. The fraction of sp³-hybridized carbons (Fsp3) is 0.344. The van der Waals surface area contributed by atoms with Crippen molar-refractivity contribution in [2.75, 3.05) is 27.9 Å². The van der Waals surface area contributed by atoms with Gasteiger partial charge in [-0.2, -0.15) is 0 Å². The molecule has 2 heterocycles. The summed E-state index contributed by atoms with van der Waals surface area (Å²) >= 11 is 0. The number of aliphatic imine (C=N–C) groups is 1. The number of hydrogen-bond acceptors (Lipinski definition) is 6. The summed E-state index contributed by atoms with van der Waals surface area (Å²) in [5, 5.41) is 3.09. The van der Waals surface area contributed by atoms with Crippen LogP contribution in [0.15, 0.2) is 65.7 Å². The van der Waals surface area contributed by atoms with Crippen LogP contribution in [0.3, 0.4) is 0 Å². The van der Waals surface area contributed by atoms with E-state index in [1.165, 1.54) is 21.3 Å². The minimum atomic E-state index is -0.961. The van der Waals surface area contributed by atoms with E-state index >= 15 is 0 Å². The third kappa shape index (κ3) is 4.57. The van der Waals surface area contributed by atoms with Gasteiger partial charge in [-0.3, -0.25) is 14.6 Å². The third-order valence-electron chi connectivity index (χ3n) is 7.52. The molecule has 3 aromatic rings. The van der Waals surface area contributed by atoms with Crippen molar-refractivity contribution < 1.29 is 23.8 Å². The molecular weight excluding hydrogens is 506 g/mol. The molecule has 0 bridgehead atoms. The lowest BCUT2D eigenvalue weighted by Crippen LogP contribution is -2.49. The van der Waals surface area contributed by atoms with Crippen LogP contribution < -0.4 is 19.5 Å². The van der Waals surface area contributed by atoms with Crippen molar-refractivity contribution in [2.24, 2.45) is 4.99 Å². The fourth-order valence-corrected chi connectivity index (χ4v) is 5.79. The molecular formula is C32H35N3O5. The van der Waals surface area contributed by atoms with E-state index in [-0.39, 0.29) is 11.8 Å². The van der Waals surface area contributed by atoms with Gasteiger partial charge in [-0.1, -0.05) is 36.4 Å². The molecule has 2 aliphatic rings. The lowest BCUT2D eigenvalue weighted by molar-refractivity contribution is -0.127. The van der Waals surface area contributed by atoms with Crippen LogP contribution in [0.4, 0.5) is 5.69 Å². The van der Waals surface area contributed by atoms with Crippen molar-refractivity contribution in [2.45, 2.75) is 44.2 Å². The number of nitrogens with zero attached hydrogens (tertiary/aromatic N) is 2. The minimum Gasteiger partial charge on any atom is -0.493 e. The van der Waals surface area contributed by atoms with Gasteiger partial charge in [0.05, 0.1) is 32.4 Å². The van der Waals surface area contributed by atoms with Gasteiger partial charge in [0.2, 0.25) is 11.7 Å². The van der Waals surface area contributed by atoms with Crippen LogP contribution in [0.25, 0.3) is 0 Å². The Bertz CT molecular complexity index is 1470. The van der Waals surface area contributed by atoms with Crippen molar-refractivity contribution in [3.05, 3.63) is 82.9 Å². The fourth-order valence-electron chi connectivity index (χ4n) is 5.79. The number of para-hydroxylation sites is 1. The van der Waals surface area contributed by atoms with Crippen LogP contribution in [0.2, 0.25) is 0 Å². The Morgan fingerprint density at radius 3 is 2.20 bits per heavy atom. The zero-order valence-electron chi connectivity index (χ0n) is 23.8. The molecule has 0 saturated heterocycles. The Morgan fingerprint density at radius 2 is 1.57 bits per heavy atom. The van der Waals surface area contributed by atoms with E-state index in [4.69, 9.17) is 19.2 Å². The number of benzene rings is 3. The molecule has 40 heavy (non-hydrogen) atoms. The normalized spacial score (nSPS) is 18.6. The molecule has 2 atom stereocenters. The second kappa shape index (κ2) is 10.3. The topological polar surface area (TPSA) is 89.5 Å². The molecule has 208 valence electrons. The zero-order valence-corrected chi connectivity index (χ0v) is 23.8. The van der Waals surface area contributed by atoms with Gasteiger partial charge in [-0.15, -0.1) is 0 Å². The molecule has 1 spiro atoms. The van der Waals surface area contributed by atoms with Gasteiger partial charge in [-0.25, -0.2) is 0 Å². The van der Waals surface area contributed by atoms with Crippen LogP contribution >= 0.6 is 0 Å². The molecule has 8 nitrogen and oxygen atoms in total. The maximum Gasteiger partial charge on any atom is 0.255 e. The maximum atomic E-state index is 14.4. The highest BCUT2D eigenvalue weighted by Crippen LogP contribution is 2.48. The third-order valence-corrected chi connectivity index (χ3v) is 7.52. The van der Waals surface area contributed by atoms with Crippen LogP contribution in [-0.4, -0.2) is 56.3 Å².